The number of nitrogens with zero attached hydrogens (tertiary/aromatic N) is 1. The minimum Gasteiger partial charge on any atom is -0.379 e. The molecule has 0 amide bonds. The van der Waals surface area contributed by atoms with Crippen molar-refractivity contribution in [3.63, 3.8) is 0 Å². The minimum atomic E-state index is 0. The summed E-state index contributed by atoms with van der Waals surface area (Å²) in [6.45, 7) is 6.30. The Morgan fingerprint density at radius 3 is 2.57 bits per heavy atom. The van der Waals surface area contributed by atoms with E-state index in [1.807, 2.05) is 0 Å². The Hall–Kier alpha value is -1.13. The number of morpholine rings is 1. The van der Waals surface area contributed by atoms with E-state index in [1.54, 1.807) is 0 Å². The van der Waals surface area contributed by atoms with Gasteiger partial charge in [0.15, 0.2) is 0 Å². The van der Waals surface area contributed by atoms with Crippen LogP contribution in [-0.4, -0.2) is 31.2 Å². The van der Waals surface area contributed by atoms with Gasteiger partial charge in [0.1, 0.15) is 0 Å². The highest BCUT2D eigenvalue weighted by molar-refractivity contribution is 5.88. The van der Waals surface area contributed by atoms with Crippen LogP contribution in [0.25, 0.3) is 10.8 Å². The Labute approximate surface area is 131 Å². The smallest absolute Gasteiger partial charge is 0.0731 e. The molecule has 0 radical (unpaired) electrons. The molecule has 0 saturated carbocycles. The largest absolute Gasteiger partial charge is 0.379 e. The van der Waals surface area contributed by atoms with Crippen LogP contribution >= 0.6 is 12.4 Å². The van der Waals surface area contributed by atoms with E-state index in [0.717, 1.165) is 46.1 Å². The van der Waals surface area contributed by atoms with Gasteiger partial charge >= 0.3 is 0 Å². The van der Waals surface area contributed by atoms with Gasteiger partial charge in [-0.3, -0.25) is 4.90 Å². The molecule has 1 fully saturated rings. The number of benzene rings is 2. The van der Waals surface area contributed by atoms with E-state index < -0.39 is 0 Å². The first kappa shape index (κ1) is 14.8. The van der Waals surface area contributed by atoms with Crippen molar-refractivity contribution < 1.29 is 9.47 Å². The lowest BCUT2D eigenvalue weighted by atomic mass is 9.95. The number of fused-ring (bicyclic) bond motifs is 3. The first-order chi connectivity index (χ1) is 9.92. The predicted octanol–water partition coefficient (Wildman–Crippen LogP) is 3.12. The van der Waals surface area contributed by atoms with E-state index >= 15 is 0 Å². The highest BCUT2D eigenvalue weighted by Gasteiger charge is 2.20. The monoisotopic (exact) mass is 305 g/mol. The SMILES string of the molecule is Cl.c1ccc2c3c(c(CN4CCOCC4)cc2c1)COC3. The van der Waals surface area contributed by atoms with Crippen LogP contribution in [-0.2, 0) is 29.2 Å². The summed E-state index contributed by atoms with van der Waals surface area (Å²) in [6, 6.07) is 11.0. The summed E-state index contributed by atoms with van der Waals surface area (Å²) < 4.78 is 11.1. The van der Waals surface area contributed by atoms with Crippen molar-refractivity contribution in [1.29, 1.82) is 0 Å². The molecule has 2 heterocycles. The Morgan fingerprint density at radius 2 is 1.71 bits per heavy atom. The minimum absolute atomic E-state index is 0. The molecular weight excluding hydrogens is 286 g/mol. The molecule has 0 unspecified atom stereocenters. The fraction of sp³-hybridized carbons (Fsp3) is 0.412. The van der Waals surface area contributed by atoms with Gasteiger partial charge in [-0.25, -0.2) is 0 Å². The summed E-state index contributed by atoms with van der Waals surface area (Å²) >= 11 is 0. The molecule has 0 aromatic heterocycles. The number of hydrogen-bond donors (Lipinski definition) is 0. The summed E-state index contributed by atoms with van der Waals surface area (Å²) in [4.78, 5) is 2.48. The lowest BCUT2D eigenvalue weighted by molar-refractivity contribution is 0.0339. The normalized spacial score (nSPS) is 18.5. The van der Waals surface area contributed by atoms with Crippen molar-refractivity contribution in [3.8, 4) is 0 Å². The van der Waals surface area contributed by atoms with Crippen molar-refractivity contribution in [2.45, 2.75) is 19.8 Å². The molecule has 2 aromatic rings. The molecule has 0 bridgehead atoms. The Bertz CT molecular complexity index is 638. The summed E-state index contributed by atoms with van der Waals surface area (Å²) in [7, 11) is 0. The van der Waals surface area contributed by atoms with Crippen molar-refractivity contribution in [1.82, 2.24) is 4.90 Å². The molecule has 0 spiro atoms. The number of rotatable bonds is 2. The van der Waals surface area contributed by atoms with E-state index in [4.69, 9.17) is 9.47 Å². The number of halogens is 1. The number of hydrogen-bond acceptors (Lipinski definition) is 3. The van der Waals surface area contributed by atoms with Gasteiger partial charge in [0, 0.05) is 19.6 Å². The van der Waals surface area contributed by atoms with E-state index in [0.29, 0.717) is 0 Å². The van der Waals surface area contributed by atoms with Gasteiger partial charge in [-0.05, 0) is 33.5 Å². The molecule has 0 atom stereocenters. The summed E-state index contributed by atoms with van der Waals surface area (Å²) in [5.74, 6) is 0. The molecule has 4 heteroatoms. The lowest BCUT2D eigenvalue weighted by Crippen LogP contribution is -2.35. The fourth-order valence-corrected chi connectivity index (χ4v) is 3.27. The van der Waals surface area contributed by atoms with E-state index in [-0.39, 0.29) is 12.4 Å². The summed E-state index contributed by atoms with van der Waals surface area (Å²) in [5.41, 5.74) is 4.24. The third-order valence-corrected chi connectivity index (χ3v) is 4.36. The zero-order valence-electron chi connectivity index (χ0n) is 12.0. The third-order valence-electron chi connectivity index (χ3n) is 4.36. The molecule has 2 aliphatic rings. The predicted molar refractivity (Wildman–Crippen MR) is 85.8 cm³/mol. The van der Waals surface area contributed by atoms with Gasteiger partial charge in [0.2, 0.25) is 0 Å². The number of ether oxygens (including phenoxy) is 2. The van der Waals surface area contributed by atoms with Gasteiger partial charge in [-0.1, -0.05) is 24.3 Å². The van der Waals surface area contributed by atoms with Gasteiger partial charge in [-0.15, -0.1) is 12.4 Å². The fourth-order valence-electron chi connectivity index (χ4n) is 3.27. The van der Waals surface area contributed by atoms with Crippen LogP contribution in [0.5, 0.6) is 0 Å². The average molecular weight is 306 g/mol. The molecule has 0 N–H and O–H groups in total. The molecule has 2 aromatic carbocycles. The maximum absolute atomic E-state index is 5.71. The second-order valence-electron chi connectivity index (χ2n) is 5.60. The zero-order chi connectivity index (χ0) is 13.4. The highest BCUT2D eigenvalue weighted by Crippen LogP contribution is 2.32. The van der Waals surface area contributed by atoms with Crippen molar-refractivity contribution in [2.24, 2.45) is 0 Å². The van der Waals surface area contributed by atoms with Crippen LogP contribution in [0.1, 0.15) is 16.7 Å². The molecule has 4 rings (SSSR count). The van der Waals surface area contributed by atoms with Gasteiger partial charge in [-0.2, -0.15) is 0 Å². The Balaban J connectivity index is 0.00000132. The molecule has 3 nitrogen and oxygen atoms in total. The van der Waals surface area contributed by atoms with E-state index in [1.165, 1.54) is 27.5 Å². The van der Waals surface area contributed by atoms with Gasteiger partial charge in [0.25, 0.3) is 0 Å². The Kier molecular flexibility index (Phi) is 4.45. The van der Waals surface area contributed by atoms with E-state index in [2.05, 4.69) is 35.2 Å². The van der Waals surface area contributed by atoms with Gasteiger partial charge in [0.05, 0.1) is 26.4 Å². The summed E-state index contributed by atoms with van der Waals surface area (Å²) in [5, 5.41) is 2.69. The first-order valence-corrected chi connectivity index (χ1v) is 7.32. The van der Waals surface area contributed by atoms with Crippen LogP contribution < -0.4 is 0 Å². The van der Waals surface area contributed by atoms with Crippen LogP contribution in [0.3, 0.4) is 0 Å². The molecule has 0 aliphatic carbocycles. The first-order valence-electron chi connectivity index (χ1n) is 7.32. The highest BCUT2D eigenvalue weighted by atomic mass is 35.5. The zero-order valence-corrected chi connectivity index (χ0v) is 12.8. The average Bonchev–Trinajstić information content (AvgIpc) is 2.98. The van der Waals surface area contributed by atoms with Crippen molar-refractivity contribution in [3.05, 3.63) is 47.0 Å². The maximum Gasteiger partial charge on any atom is 0.0731 e. The molecule has 21 heavy (non-hydrogen) atoms. The Morgan fingerprint density at radius 1 is 0.952 bits per heavy atom. The van der Waals surface area contributed by atoms with Gasteiger partial charge < -0.3 is 9.47 Å². The lowest BCUT2D eigenvalue weighted by Gasteiger charge is -2.27. The van der Waals surface area contributed by atoms with Crippen molar-refractivity contribution >= 4 is 23.2 Å². The second-order valence-corrected chi connectivity index (χ2v) is 5.60. The van der Waals surface area contributed by atoms with E-state index in [9.17, 15) is 0 Å². The quantitative estimate of drug-likeness (QED) is 0.851. The third kappa shape index (κ3) is 2.79. The maximum atomic E-state index is 5.71. The van der Waals surface area contributed by atoms with Crippen molar-refractivity contribution in [2.75, 3.05) is 26.3 Å². The molecule has 2 aliphatic heterocycles. The van der Waals surface area contributed by atoms with Crippen LogP contribution in [0, 0.1) is 0 Å². The van der Waals surface area contributed by atoms with Crippen LogP contribution in [0.4, 0.5) is 0 Å². The standard InChI is InChI=1S/C17H19NO2.ClH/c1-2-4-15-13(3-1)9-14(16-11-20-12-17(15)16)10-18-5-7-19-8-6-18;/h1-4,9H,5-8,10-12H2;1H. The molecular formula is C17H20ClNO2. The van der Waals surface area contributed by atoms with Crippen LogP contribution in [0.2, 0.25) is 0 Å². The summed E-state index contributed by atoms with van der Waals surface area (Å²) in [6.07, 6.45) is 0. The molecule has 1 saturated heterocycles. The van der Waals surface area contributed by atoms with Crippen LogP contribution in [0.15, 0.2) is 30.3 Å². The molecule has 112 valence electrons. The topological polar surface area (TPSA) is 21.7 Å². The second kappa shape index (κ2) is 6.32.